The van der Waals surface area contributed by atoms with Crippen LogP contribution in [0.15, 0.2) is 18.2 Å². The number of aryl methyl sites for hydroxylation is 1. The van der Waals surface area contributed by atoms with E-state index in [-0.39, 0.29) is 5.78 Å². The third kappa shape index (κ3) is 2.86. The fraction of sp³-hybridized carbons (Fsp3) is 0.500. The first-order valence-corrected chi connectivity index (χ1v) is 6.25. The molecule has 0 saturated carbocycles. The number of hydrogen-bond donors (Lipinski definition) is 1. The number of nitrogens with one attached hydrogen (secondary N) is 1. The summed E-state index contributed by atoms with van der Waals surface area (Å²) in [5.41, 5.74) is 1.94. The molecule has 0 saturated heterocycles. The van der Waals surface area contributed by atoms with Gasteiger partial charge in [0.05, 0.1) is 12.2 Å². The lowest BCUT2D eigenvalue weighted by atomic mass is 9.98. The zero-order valence-corrected chi connectivity index (χ0v) is 10.3. The van der Waals surface area contributed by atoms with Crippen molar-refractivity contribution >= 4 is 5.78 Å². The fourth-order valence-electron chi connectivity index (χ4n) is 2.17. The van der Waals surface area contributed by atoms with Crippen LogP contribution in [-0.4, -0.2) is 26.0 Å². The molecule has 1 heterocycles. The Morgan fingerprint density at radius 2 is 2.35 bits per heavy atom. The van der Waals surface area contributed by atoms with Gasteiger partial charge < -0.3 is 10.1 Å². The molecule has 0 atom stereocenters. The molecular weight excluding hydrogens is 214 g/mol. The molecule has 0 unspecified atom stereocenters. The smallest absolute Gasteiger partial charge is 0.166 e. The lowest BCUT2D eigenvalue weighted by Crippen LogP contribution is -2.14. The highest BCUT2D eigenvalue weighted by molar-refractivity contribution is 5.99. The molecule has 0 spiro atoms. The van der Waals surface area contributed by atoms with E-state index < -0.39 is 0 Å². The molecule has 3 heteroatoms. The van der Waals surface area contributed by atoms with Crippen LogP contribution < -0.4 is 10.1 Å². The van der Waals surface area contributed by atoms with Crippen molar-refractivity contribution in [3.05, 3.63) is 29.3 Å². The Morgan fingerprint density at radius 1 is 1.47 bits per heavy atom. The average Bonchev–Trinajstić information content (AvgIpc) is 2.38. The van der Waals surface area contributed by atoms with Gasteiger partial charge in [0.25, 0.3) is 0 Å². The number of carbonyl (C=O) groups excluding carboxylic acids is 1. The second kappa shape index (κ2) is 5.82. The molecule has 1 aromatic rings. The summed E-state index contributed by atoms with van der Waals surface area (Å²) in [6.45, 7) is 1.61. The summed E-state index contributed by atoms with van der Waals surface area (Å²) in [5.74, 6) is 1.02. The minimum Gasteiger partial charge on any atom is -0.493 e. The van der Waals surface area contributed by atoms with Crippen molar-refractivity contribution in [1.82, 2.24) is 5.32 Å². The van der Waals surface area contributed by atoms with E-state index in [9.17, 15) is 4.79 Å². The van der Waals surface area contributed by atoms with Crippen molar-refractivity contribution in [2.45, 2.75) is 25.7 Å². The molecule has 1 aromatic carbocycles. The highest BCUT2D eigenvalue weighted by Crippen LogP contribution is 2.29. The Labute approximate surface area is 102 Å². The van der Waals surface area contributed by atoms with Crippen LogP contribution in [0, 0.1) is 0 Å². The van der Waals surface area contributed by atoms with E-state index in [1.165, 1.54) is 5.56 Å². The maximum Gasteiger partial charge on any atom is 0.166 e. The highest BCUT2D eigenvalue weighted by Gasteiger charge is 2.18. The number of ether oxygens (including phenoxy) is 1. The summed E-state index contributed by atoms with van der Waals surface area (Å²) < 4.78 is 5.65. The fourth-order valence-corrected chi connectivity index (χ4v) is 2.17. The molecule has 0 aliphatic carbocycles. The van der Waals surface area contributed by atoms with Gasteiger partial charge in [0, 0.05) is 6.42 Å². The van der Waals surface area contributed by atoms with Gasteiger partial charge in [0.15, 0.2) is 5.78 Å². The van der Waals surface area contributed by atoms with E-state index in [0.29, 0.717) is 6.42 Å². The number of ketones is 1. The van der Waals surface area contributed by atoms with Crippen LogP contribution in [-0.2, 0) is 6.42 Å². The SMILES string of the molecule is CNCCCC(=O)c1cccc2c1OCCC2. The molecule has 0 aromatic heterocycles. The molecule has 92 valence electrons. The van der Waals surface area contributed by atoms with Crippen LogP contribution in [0.4, 0.5) is 0 Å². The summed E-state index contributed by atoms with van der Waals surface area (Å²) in [6.07, 6.45) is 3.52. The van der Waals surface area contributed by atoms with E-state index in [1.807, 2.05) is 19.2 Å². The van der Waals surface area contributed by atoms with E-state index in [0.717, 1.165) is 43.7 Å². The van der Waals surface area contributed by atoms with Crippen LogP contribution >= 0.6 is 0 Å². The minimum absolute atomic E-state index is 0.194. The van der Waals surface area contributed by atoms with Crippen molar-refractivity contribution in [2.24, 2.45) is 0 Å². The second-order valence-electron chi connectivity index (χ2n) is 4.38. The minimum atomic E-state index is 0.194. The topological polar surface area (TPSA) is 38.3 Å². The van der Waals surface area contributed by atoms with Crippen molar-refractivity contribution in [1.29, 1.82) is 0 Å². The van der Waals surface area contributed by atoms with Crippen LogP contribution in [0.1, 0.15) is 35.2 Å². The first-order valence-electron chi connectivity index (χ1n) is 6.25. The number of hydrogen-bond acceptors (Lipinski definition) is 3. The van der Waals surface area contributed by atoms with Crippen LogP contribution in [0.25, 0.3) is 0 Å². The molecular formula is C14H19NO2. The van der Waals surface area contributed by atoms with Crippen LogP contribution in [0.5, 0.6) is 5.75 Å². The molecule has 1 aliphatic rings. The number of benzene rings is 1. The van der Waals surface area contributed by atoms with E-state index in [2.05, 4.69) is 11.4 Å². The van der Waals surface area contributed by atoms with E-state index in [1.54, 1.807) is 0 Å². The molecule has 1 N–H and O–H groups in total. The number of Topliss-reactive ketones (excluding diaryl/α,β-unsaturated/α-hetero) is 1. The highest BCUT2D eigenvalue weighted by atomic mass is 16.5. The molecule has 0 fully saturated rings. The third-order valence-corrected chi connectivity index (χ3v) is 3.06. The second-order valence-corrected chi connectivity index (χ2v) is 4.38. The number of rotatable bonds is 5. The maximum absolute atomic E-state index is 12.1. The van der Waals surface area contributed by atoms with Gasteiger partial charge in [-0.25, -0.2) is 0 Å². The molecule has 0 radical (unpaired) electrons. The normalized spacial score (nSPS) is 13.9. The number of para-hydroxylation sites is 1. The Balaban J connectivity index is 2.12. The predicted octanol–water partition coefficient (Wildman–Crippen LogP) is 2.19. The summed E-state index contributed by atoms with van der Waals surface area (Å²) in [7, 11) is 1.90. The van der Waals surface area contributed by atoms with Crippen molar-refractivity contribution in [2.75, 3.05) is 20.2 Å². The lowest BCUT2D eigenvalue weighted by molar-refractivity contribution is 0.0975. The van der Waals surface area contributed by atoms with Gasteiger partial charge in [-0.2, -0.15) is 0 Å². The molecule has 0 bridgehead atoms. The number of fused-ring (bicyclic) bond motifs is 1. The van der Waals surface area contributed by atoms with Crippen LogP contribution in [0.2, 0.25) is 0 Å². The first kappa shape index (κ1) is 12.1. The van der Waals surface area contributed by atoms with Crippen molar-refractivity contribution in [3.63, 3.8) is 0 Å². The Hall–Kier alpha value is -1.35. The zero-order chi connectivity index (χ0) is 12.1. The third-order valence-electron chi connectivity index (χ3n) is 3.06. The quantitative estimate of drug-likeness (QED) is 0.626. The van der Waals surface area contributed by atoms with Gasteiger partial charge >= 0.3 is 0 Å². The summed E-state index contributed by atoms with van der Waals surface area (Å²) in [4.78, 5) is 12.1. The van der Waals surface area contributed by atoms with E-state index in [4.69, 9.17) is 4.74 Å². The van der Waals surface area contributed by atoms with Gasteiger partial charge in [-0.3, -0.25) is 4.79 Å². The molecule has 1 aliphatic heterocycles. The Bertz CT molecular complexity index is 401. The summed E-state index contributed by atoms with van der Waals surface area (Å²) in [6, 6.07) is 5.89. The van der Waals surface area contributed by atoms with Gasteiger partial charge in [-0.15, -0.1) is 0 Å². The van der Waals surface area contributed by atoms with E-state index >= 15 is 0 Å². The monoisotopic (exact) mass is 233 g/mol. The maximum atomic E-state index is 12.1. The molecule has 2 rings (SSSR count). The predicted molar refractivity (Wildman–Crippen MR) is 67.7 cm³/mol. The molecule has 3 nitrogen and oxygen atoms in total. The first-order chi connectivity index (χ1) is 8.33. The largest absolute Gasteiger partial charge is 0.493 e. The summed E-state index contributed by atoms with van der Waals surface area (Å²) >= 11 is 0. The Morgan fingerprint density at radius 3 is 3.18 bits per heavy atom. The molecule has 0 amide bonds. The standard InChI is InChI=1S/C14H19NO2/c1-15-9-3-8-13(16)12-7-2-5-11-6-4-10-17-14(11)12/h2,5,7,15H,3-4,6,8-10H2,1H3. The Kier molecular flexibility index (Phi) is 4.15. The van der Waals surface area contributed by atoms with Gasteiger partial charge in [-0.1, -0.05) is 12.1 Å². The van der Waals surface area contributed by atoms with Gasteiger partial charge in [0.1, 0.15) is 5.75 Å². The van der Waals surface area contributed by atoms with Gasteiger partial charge in [-0.05, 0) is 44.5 Å². The van der Waals surface area contributed by atoms with Crippen molar-refractivity contribution < 1.29 is 9.53 Å². The van der Waals surface area contributed by atoms with Crippen molar-refractivity contribution in [3.8, 4) is 5.75 Å². The summed E-state index contributed by atoms with van der Waals surface area (Å²) in [5, 5.41) is 3.05. The lowest BCUT2D eigenvalue weighted by Gasteiger charge is -2.19. The molecule has 17 heavy (non-hydrogen) atoms. The average molecular weight is 233 g/mol. The zero-order valence-electron chi connectivity index (χ0n) is 10.3. The van der Waals surface area contributed by atoms with Gasteiger partial charge in [0.2, 0.25) is 0 Å². The van der Waals surface area contributed by atoms with Crippen LogP contribution in [0.3, 0.4) is 0 Å². The number of carbonyl (C=O) groups is 1.